The van der Waals surface area contributed by atoms with Crippen molar-refractivity contribution in [2.45, 2.75) is 51.5 Å². The van der Waals surface area contributed by atoms with Gasteiger partial charge in [-0.05, 0) is 31.6 Å². The van der Waals surface area contributed by atoms with Gasteiger partial charge in [0, 0.05) is 18.0 Å². The van der Waals surface area contributed by atoms with Crippen LogP contribution in [0, 0.1) is 11.3 Å². The van der Waals surface area contributed by atoms with Crippen LogP contribution in [0.3, 0.4) is 0 Å². The maximum Gasteiger partial charge on any atom is 0.226 e. The quantitative estimate of drug-likeness (QED) is 0.737. The van der Waals surface area contributed by atoms with Crippen LogP contribution in [0.25, 0.3) is 0 Å². The lowest BCUT2D eigenvalue weighted by molar-refractivity contribution is -0.126. The molecule has 1 unspecified atom stereocenters. The second-order valence-electron chi connectivity index (χ2n) is 5.42. The standard InChI is InChI=1S/C12H22N2O/c1-12(6-7-12)11(15)14-10(8-13)9-4-2-3-5-9/h9-10H,2-8,13H2,1H3,(H,14,15). The molecule has 3 heteroatoms. The summed E-state index contributed by atoms with van der Waals surface area (Å²) in [5.74, 6) is 0.853. The van der Waals surface area contributed by atoms with Crippen molar-refractivity contribution in [1.82, 2.24) is 5.32 Å². The SMILES string of the molecule is CC1(C(=O)NC(CN)C2CCCC2)CC1. The first-order chi connectivity index (χ1) is 7.15. The molecule has 0 aliphatic heterocycles. The van der Waals surface area contributed by atoms with E-state index in [0.29, 0.717) is 12.5 Å². The van der Waals surface area contributed by atoms with Crippen LogP contribution in [0.1, 0.15) is 45.4 Å². The molecular weight excluding hydrogens is 188 g/mol. The van der Waals surface area contributed by atoms with E-state index in [0.717, 1.165) is 12.8 Å². The highest BCUT2D eigenvalue weighted by Crippen LogP contribution is 2.45. The predicted molar refractivity (Wildman–Crippen MR) is 60.3 cm³/mol. The molecule has 2 rings (SSSR count). The molecular formula is C12H22N2O. The molecule has 0 bridgehead atoms. The molecule has 0 aromatic carbocycles. The fourth-order valence-electron chi connectivity index (χ4n) is 2.49. The Kier molecular flexibility index (Phi) is 3.01. The van der Waals surface area contributed by atoms with Crippen molar-refractivity contribution < 1.29 is 4.79 Å². The van der Waals surface area contributed by atoms with Crippen molar-refractivity contribution in [3.05, 3.63) is 0 Å². The molecule has 86 valence electrons. The summed E-state index contributed by atoms with van der Waals surface area (Å²) in [5, 5.41) is 3.15. The molecule has 0 spiro atoms. The summed E-state index contributed by atoms with van der Waals surface area (Å²) in [6, 6.07) is 0.220. The van der Waals surface area contributed by atoms with E-state index in [-0.39, 0.29) is 17.4 Å². The zero-order valence-electron chi connectivity index (χ0n) is 9.59. The van der Waals surface area contributed by atoms with Crippen LogP contribution in [-0.2, 0) is 4.79 Å². The highest BCUT2D eigenvalue weighted by atomic mass is 16.2. The summed E-state index contributed by atoms with van der Waals surface area (Å²) in [4.78, 5) is 11.9. The summed E-state index contributed by atoms with van der Waals surface area (Å²) in [5.41, 5.74) is 5.69. The average molecular weight is 210 g/mol. The average Bonchev–Trinajstić information content (AvgIpc) is 2.80. The number of nitrogens with two attached hydrogens (primary N) is 1. The van der Waals surface area contributed by atoms with Gasteiger partial charge in [0.05, 0.1) is 0 Å². The van der Waals surface area contributed by atoms with Crippen molar-refractivity contribution >= 4 is 5.91 Å². The van der Waals surface area contributed by atoms with Gasteiger partial charge >= 0.3 is 0 Å². The number of hydrogen-bond acceptors (Lipinski definition) is 2. The van der Waals surface area contributed by atoms with E-state index in [1.807, 2.05) is 6.92 Å². The lowest BCUT2D eigenvalue weighted by Crippen LogP contribution is -2.46. The second-order valence-corrected chi connectivity index (χ2v) is 5.42. The van der Waals surface area contributed by atoms with Gasteiger partial charge in [0.1, 0.15) is 0 Å². The Morgan fingerprint density at radius 1 is 1.47 bits per heavy atom. The molecule has 2 saturated carbocycles. The molecule has 15 heavy (non-hydrogen) atoms. The van der Waals surface area contributed by atoms with Crippen LogP contribution < -0.4 is 11.1 Å². The minimum Gasteiger partial charge on any atom is -0.351 e. The molecule has 2 fully saturated rings. The van der Waals surface area contributed by atoms with E-state index < -0.39 is 0 Å². The van der Waals surface area contributed by atoms with Gasteiger partial charge in [-0.2, -0.15) is 0 Å². The van der Waals surface area contributed by atoms with E-state index in [9.17, 15) is 4.79 Å². The van der Waals surface area contributed by atoms with Gasteiger partial charge < -0.3 is 11.1 Å². The van der Waals surface area contributed by atoms with Crippen LogP contribution in [-0.4, -0.2) is 18.5 Å². The molecule has 1 amide bonds. The fraction of sp³-hybridized carbons (Fsp3) is 0.917. The Morgan fingerprint density at radius 3 is 2.53 bits per heavy atom. The molecule has 2 aliphatic carbocycles. The van der Waals surface area contributed by atoms with E-state index in [4.69, 9.17) is 5.73 Å². The van der Waals surface area contributed by atoms with E-state index in [1.54, 1.807) is 0 Å². The molecule has 0 saturated heterocycles. The van der Waals surface area contributed by atoms with Crippen molar-refractivity contribution in [3.63, 3.8) is 0 Å². The largest absolute Gasteiger partial charge is 0.351 e. The number of amides is 1. The topological polar surface area (TPSA) is 55.1 Å². The molecule has 0 aromatic rings. The van der Waals surface area contributed by atoms with Crippen LogP contribution in [0.15, 0.2) is 0 Å². The van der Waals surface area contributed by atoms with Gasteiger partial charge in [-0.15, -0.1) is 0 Å². The highest BCUT2D eigenvalue weighted by molar-refractivity contribution is 5.85. The minimum absolute atomic E-state index is 0.0635. The Labute approximate surface area is 91.8 Å². The molecule has 0 radical (unpaired) electrons. The van der Waals surface area contributed by atoms with Gasteiger partial charge in [-0.3, -0.25) is 4.79 Å². The Bertz CT molecular complexity index is 242. The number of carbonyl (C=O) groups excluding carboxylic acids is 1. The van der Waals surface area contributed by atoms with Gasteiger partial charge in [0.15, 0.2) is 0 Å². The lowest BCUT2D eigenvalue weighted by atomic mass is 9.97. The summed E-state index contributed by atoms with van der Waals surface area (Å²) < 4.78 is 0. The molecule has 0 aromatic heterocycles. The first-order valence-electron chi connectivity index (χ1n) is 6.17. The predicted octanol–water partition coefficient (Wildman–Crippen LogP) is 1.42. The summed E-state index contributed by atoms with van der Waals surface area (Å²) in [6.45, 7) is 2.64. The smallest absolute Gasteiger partial charge is 0.226 e. The van der Waals surface area contributed by atoms with Gasteiger partial charge in [-0.25, -0.2) is 0 Å². The van der Waals surface area contributed by atoms with E-state index >= 15 is 0 Å². The summed E-state index contributed by atoms with van der Waals surface area (Å²) in [7, 11) is 0. The third kappa shape index (κ3) is 2.33. The van der Waals surface area contributed by atoms with Crippen LogP contribution >= 0.6 is 0 Å². The summed E-state index contributed by atoms with van der Waals surface area (Å²) >= 11 is 0. The highest BCUT2D eigenvalue weighted by Gasteiger charge is 2.45. The first kappa shape index (κ1) is 10.9. The Balaban J connectivity index is 1.87. The number of carbonyl (C=O) groups is 1. The molecule has 3 nitrogen and oxygen atoms in total. The summed E-state index contributed by atoms with van der Waals surface area (Å²) in [6.07, 6.45) is 7.15. The van der Waals surface area contributed by atoms with Crippen molar-refractivity contribution in [3.8, 4) is 0 Å². The van der Waals surface area contributed by atoms with E-state index in [1.165, 1.54) is 25.7 Å². The zero-order valence-corrected chi connectivity index (χ0v) is 9.59. The minimum atomic E-state index is -0.0635. The van der Waals surface area contributed by atoms with Crippen molar-refractivity contribution in [1.29, 1.82) is 0 Å². The van der Waals surface area contributed by atoms with Crippen molar-refractivity contribution in [2.75, 3.05) is 6.54 Å². The van der Waals surface area contributed by atoms with Crippen molar-refractivity contribution in [2.24, 2.45) is 17.1 Å². The van der Waals surface area contributed by atoms with Gasteiger partial charge in [0.2, 0.25) is 5.91 Å². The number of hydrogen-bond donors (Lipinski definition) is 2. The monoisotopic (exact) mass is 210 g/mol. The van der Waals surface area contributed by atoms with Crippen LogP contribution in [0.2, 0.25) is 0 Å². The fourth-order valence-corrected chi connectivity index (χ4v) is 2.49. The third-order valence-corrected chi connectivity index (χ3v) is 4.09. The van der Waals surface area contributed by atoms with E-state index in [2.05, 4.69) is 5.32 Å². The number of nitrogens with one attached hydrogen (secondary N) is 1. The first-order valence-corrected chi connectivity index (χ1v) is 6.17. The van der Waals surface area contributed by atoms with Crippen LogP contribution in [0.5, 0.6) is 0 Å². The van der Waals surface area contributed by atoms with Gasteiger partial charge in [-0.1, -0.05) is 19.8 Å². The number of rotatable bonds is 4. The molecule has 2 aliphatic rings. The zero-order chi connectivity index (χ0) is 10.9. The van der Waals surface area contributed by atoms with Crippen LogP contribution in [0.4, 0.5) is 0 Å². The Morgan fingerprint density at radius 2 is 2.07 bits per heavy atom. The lowest BCUT2D eigenvalue weighted by Gasteiger charge is -2.24. The Hall–Kier alpha value is -0.570. The normalized spacial score (nSPS) is 26.3. The maximum atomic E-state index is 11.9. The molecule has 3 N–H and O–H groups in total. The molecule has 1 atom stereocenters. The molecule has 0 heterocycles. The van der Waals surface area contributed by atoms with Gasteiger partial charge in [0.25, 0.3) is 0 Å². The maximum absolute atomic E-state index is 11.9. The third-order valence-electron chi connectivity index (χ3n) is 4.09. The second kappa shape index (κ2) is 4.12.